The van der Waals surface area contributed by atoms with E-state index in [4.69, 9.17) is 17.7 Å². The molecule has 74 heavy (non-hydrogen) atoms. The molecule has 16 atom stereocenters. The average molecular weight is 1040 g/mol. The zero-order valence-corrected chi connectivity index (χ0v) is 48.5. The maximum Gasteiger partial charge on any atom is 0.469 e. The summed E-state index contributed by atoms with van der Waals surface area (Å²) in [6.45, 7) is 46.8. The number of nitrogens with zero attached hydrogens (tertiary/aromatic N) is 2. The molecule has 0 saturated heterocycles. The molecular formula is C62H91N2O9P. The van der Waals surface area contributed by atoms with Crippen LogP contribution in [-0.4, -0.2) is 51.2 Å². The van der Waals surface area contributed by atoms with E-state index in [0.717, 1.165) is 89.9 Å². The van der Waals surface area contributed by atoms with Gasteiger partial charge >= 0.3 is 7.82 Å². The number of fused-ring (bicyclic) bond motifs is 14. The highest BCUT2D eigenvalue weighted by Gasteiger charge is 2.74. The lowest BCUT2D eigenvalue weighted by atomic mass is 9.32. The summed E-state index contributed by atoms with van der Waals surface area (Å²) in [6.07, 6.45) is 18.0. The Hall–Kier alpha value is -2.79. The molecule has 0 aromatic carbocycles. The minimum absolute atomic E-state index is 0.000994. The van der Waals surface area contributed by atoms with E-state index in [9.17, 15) is 38.6 Å². The predicted octanol–water partition coefficient (Wildman–Crippen LogP) is 13.4. The Labute approximate surface area is 443 Å². The first-order chi connectivity index (χ1) is 33.9. The van der Waals surface area contributed by atoms with E-state index in [2.05, 4.69) is 78.9 Å². The van der Waals surface area contributed by atoms with Crippen LogP contribution < -0.4 is 0 Å². The summed E-state index contributed by atoms with van der Waals surface area (Å²) in [4.78, 5) is 81.7. The predicted molar refractivity (Wildman–Crippen MR) is 285 cm³/mol. The number of hydrogen-bond donors (Lipinski definition) is 3. The van der Waals surface area contributed by atoms with Crippen LogP contribution in [0.3, 0.4) is 0 Å². The number of phosphoric ester groups is 1. The summed E-state index contributed by atoms with van der Waals surface area (Å²) in [5.74, 6) is 0.928. The first-order valence-corrected chi connectivity index (χ1v) is 30.1. The van der Waals surface area contributed by atoms with Gasteiger partial charge in [0.15, 0.2) is 11.6 Å². The second kappa shape index (κ2) is 17.1. The normalized spacial score (nSPS) is 48.3. The van der Waals surface area contributed by atoms with Crippen LogP contribution in [0, 0.1) is 125 Å². The van der Waals surface area contributed by atoms with Crippen molar-refractivity contribution in [1.29, 1.82) is 0 Å². The van der Waals surface area contributed by atoms with Gasteiger partial charge in [0.1, 0.15) is 11.6 Å². The minimum Gasteiger partial charge on any atom is -0.396 e. The first-order valence-electron chi connectivity index (χ1n) is 28.6. The highest BCUT2D eigenvalue weighted by atomic mass is 31.2. The molecule has 3 N–H and O–H groups in total. The molecule has 12 heteroatoms. The van der Waals surface area contributed by atoms with Gasteiger partial charge in [0.25, 0.3) is 0 Å². The van der Waals surface area contributed by atoms with E-state index in [0.29, 0.717) is 18.6 Å². The van der Waals surface area contributed by atoms with Gasteiger partial charge < -0.3 is 24.5 Å². The van der Waals surface area contributed by atoms with Crippen LogP contribution in [0.4, 0.5) is 0 Å². The van der Waals surface area contributed by atoms with Gasteiger partial charge in [0.05, 0.1) is 19.8 Å². The number of phosphoric acid groups is 1. The van der Waals surface area contributed by atoms with Crippen molar-refractivity contribution in [2.45, 2.75) is 200 Å². The van der Waals surface area contributed by atoms with Gasteiger partial charge in [-0.25, -0.2) is 14.3 Å². The SMILES string of the molecule is [C-]#[N+]C1=C[C@]2(C)[C@H]3CC(=O)[C@@H]4[C@@H]5CC(C)(C)CC[C@]5(CO)CC[C@@]4(C)[C@]3(C)CC[C@H]2C(C)(C)C1=O.[C-]#[N+]C1=C[C@]2(C)[C@H]3CC(=O)[C@@H]4[C@@H]5CC(C)(C)CC[C@]5(COP(=O)(O)O)CC[C@@]4(C)[C@]3(C)CC[C@H]2C(C)(C)C1=O. The molecule has 0 aromatic rings. The van der Waals surface area contributed by atoms with Gasteiger partial charge in [0.2, 0.25) is 11.4 Å². The maximum absolute atomic E-state index is 14.5. The number of aliphatic hydroxyl groups excluding tert-OH is 1. The highest BCUT2D eigenvalue weighted by molar-refractivity contribution is 7.46. The topological polar surface area (TPSA) is 164 Å². The maximum atomic E-state index is 14.5. The molecule has 408 valence electrons. The number of aliphatic hydroxyl groups is 1. The van der Waals surface area contributed by atoms with Crippen LogP contribution in [-0.2, 0) is 28.3 Å². The quantitative estimate of drug-likeness (QED) is 0.184. The summed E-state index contributed by atoms with van der Waals surface area (Å²) in [5.41, 5.74) is -2.45. The van der Waals surface area contributed by atoms with E-state index in [1.165, 1.54) is 0 Å². The Bertz CT molecular complexity index is 2630. The van der Waals surface area contributed by atoms with Crippen molar-refractivity contribution < 1.29 is 43.2 Å². The standard InChI is InChI=1S/C31H46NO6P.C31H45NO3/c1-26(2)11-13-31(18-38-39(35,36)37)14-12-30(7)24(19(31)16-26)21(33)15-23-28(5)17-20(32-8)25(34)27(3,4)22(28)9-10-29(23,30)6;1-26(2)11-13-31(18-33)14-12-30(7)24(19(31)16-26)21(34)15-23-28(5)17-20(32-8)25(35)27(3,4)22(28)9-10-29(23,30)6/h17,19,22-24H,9-16,18H2,1-7H3,(H2,35,36,37);17,19,22-24,33H,9-16,18H2,1-7H3/t2*19-,22-,23+,24-,28-,29+,30+,31+/m00/s1. The molecule has 11 nitrogen and oxygen atoms in total. The number of carbonyl (C=O) groups is 4. The Morgan fingerprint density at radius 1 is 0.541 bits per heavy atom. The molecule has 0 unspecified atom stereocenters. The molecule has 8 fully saturated rings. The van der Waals surface area contributed by atoms with Gasteiger partial charge in [-0.15, -0.1) is 0 Å². The Morgan fingerprint density at radius 2 is 0.905 bits per heavy atom. The van der Waals surface area contributed by atoms with Crippen LogP contribution in [0.25, 0.3) is 9.69 Å². The van der Waals surface area contributed by atoms with Crippen LogP contribution >= 0.6 is 7.82 Å². The van der Waals surface area contributed by atoms with E-state index in [1.807, 2.05) is 39.8 Å². The first kappa shape index (κ1) is 55.9. The minimum atomic E-state index is -4.63. The van der Waals surface area contributed by atoms with E-state index < -0.39 is 29.5 Å². The van der Waals surface area contributed by atoms with E-state index >= 15 is 0 Å². The van der Waals surface area contributed by atoms with Crippen LogP contribution in [0.1, 0.15) is 200 Å². The third-order valence-corrected chi connectivity index (χ3v) is 26.6. The fourth-order valence-corrected chi connectivity index (χ4v) is 21.9. The monoisotopic (exact) mass is 1040 g/mol. The van der Waals surface area contributed by atoms with Crippen molar-refractivity contribution in [3.05, 3.63) is 46.4 Å². The summed E-state index contributed by atoms with van der Waals surface area (Å²) in [6, 6.07) is 0. The number of hydrogen-bond acceptors (Lipinski definition) is 7. The lowest BCUT2D eigenvalue weighted by Gasteiger charge is -2.72. The second-order valence-electron chi connectivity index (χ2n) is 31.0. The molecule has 0 aromatic heterocycles. The Kier molecular flexibility index (Phi) is 12.9. The van der Waals surface area contributed by atoms with Crippen molar-refractivity contribution in [3.8, 4) is 0 Å². The lowest BCUT2D eigenvalue weighted by molar-refractivity contribution is -0.226. The van der Waals surface area contributed by atoms with Gasteiger partial charge in [-0.3, -0.25) is 14.1 Å². The average Bonchev–Trinajstić information content (AvgIpc) is 3.29. The largest absolute Gasteiger partial charge is 0.469 e. The molecule has 10 aliphatic carbocycles. The molecule has 0 spiro atoms. The second-order valence-corrected chi connectivity index (χ2v) is 32.2. The summed E-state index contributed by atoms with van der Waals surface area (Å²) >= 11 is 0. The van der Waals surface area contributed by atoms with Gasteiger partial charge in [-0.05, 0) is 180 Å². The number of rotatable bonds is 4. The van der Waals surface area contributed by atoms with Crippen molar-refractivity contribution >= 4 is 31.0 Å². The number of ketones is 4. The summed E-state index contributed by atoms with van der Waals surface area (Å²) in [7, 11) is -4.63. The zero-order valence-electron chi connectivity index (χ0n) is 47.6. The highest BCUT2D eigenvalue weighted by Crippen LogP contribution is 2.78. The van der Waals surface area contributed by atoms with Crippen LogP contribution in [0.5, 0.6) is 0 Å². The zero-order chi connectivity index (χ0) is 54.8. The molecule has 10 aliphatic rings. The van der Waals surface area contributed by atoms with Gasteiger partial charge in [-0.1, -0.05) is 109 Å². The van der Waals surface area contributed by atoms with E-state index in [-0.39, 0.29) is 133 Å². The van der Waals surface area contributed by atoms with Crippen LogP contribution in [0.15, 0.2) is 23.5 Å². The third kappa shape index (κ3) is 7.65. The van der Waals surface area contributed by atoms with Gasteiger partial charge in [0, 0.05) is 42.1 Å². The van der Waals surface area contributed by atoms with Crippen molar-refractivity contribution in [3.63, 3.8) is 0 Å². The summed E-state index contributed by atoms with van der Waals surface area (Å²) < 4.78 is 17.0. The molecular weight excluding hydrogens is 948 g/mol. The van der Waals surface area contributed by atoms with Crippen molar-refractivity contribution in [1.82, 2.24) is 0 Å². The number of carbonyl (C=O) groups excluding carboxylic acids is 4. The van der Waals surface area contributed by atoms with Crippen molar-refractivity contribution in [2.24, 2.45) is 112 Å². The number of allylic oxidation sites excluding steroid dienone is 4. The molecule has 8 saturated carbocycles. The smallest absolute Gasteiger partial charge is 0.396 e. The molecule has 10 rings (SSSR count). The third-order valence-electron chi connectivity index (χ3n) is 26.1. The van der Waals surface area contributed by atoms with Gasteiger partial charge in [-0.2, -0.15) is 0 Å². The lowest BCUT2D eigenvalue weighted by Crippen LogP contribution is -2.68. The molecule has 0 bridgehead atoms. The fraction of sp³-hybridized carbons (Fsp3) is 0.839. The van der Waals surface area contributed by atoms with Crippen LogP contribution in [0.2, 0.25) is 0 Å². The fourth-order valence-electron chi connectivity index (χ4n) is 21.5. The Morgan fingerprint density at radius 3 is 1.28 bits per heavy atom. The summed E-state index contributed by atoms with van der Waals surface area (Å²) in [5, 5.41) is 10.7. The molecule has 0 amide bonds. The molecule has 0 radical (unpaired) electrons. The molecule has 0 heterocycles. The molecule has 0 aliphatic heterocycles. The van der Waals surface area contributed by atoms with Crippen molar-refractivity contribution in [2.75, 3.05) is 13.2 Å². The number of Topliss-reactive ketones (excluding diaryl/α,β-unsaturated/α-hetero) is 4. The van der Waals surface area contributed by atoms with E-state index in [1.54, 1.807) is 0 Å². The Balaban J connectivity index is 0.000000183.